The normalized spacial score (nSPS) is 10.8. The van der Waals surface area contributed by atoms with Crippen molar-refractivity contribution in [2.45, 2.75) is 26.8 Å². The fourth-order valence-electron chi connectivity index (χ4n) is 3.99. The molecule has 156 valence electrons. The number of primary amides is 1. The Labute approximate surface area is 182 Å². The fourth-order valence-corrected chi connectivity index (χ4v) is 3.99. The summed E-state index contributed by atoms with van der Waals surface area (Å²) in [6.07, 6.45) is 2.53. The van der Waals surface area contributed by atoms with Gasteiger partial charge in [0.2, 0.25) is 0 Å². The number of nitrogens with zero attached hydrogens (tertiary/aromatic N) is 2. The van der Waals surface area contributed by atoms with E-state index < -0.39 is 5.91 Å². The lowest BCUT2D eigenvalue weighted by Gasteiger charge is -2.12. The third-order valence-corrected chi connectivity index (χ3v) is 5.36. The van der Waals surface area contributed by atoms with Crippen LogP contribution in [0.4, 0.5) is 0 Å². The highest BCUT2D eigenvalue weighted by molar-refractivity contribution is 6.02. The van der Waals surface area contributed by atoms with Gasteiger partial charge in [0.1, 0.15) is 11.5 Å². The van der Waals surface area contributed by atoms with E-state index >= 15 is 0 Å². The average molecular weight is 412 g/mol. The minimum absolute atomic E-state index is 0.434. The number of hydrogen-bond acceptors (Lipinski definition) is 3. The van der Waals surface area contributed by atoms with Crippen molar-refractivity contribution in [3.8, 4) is 22.6 Å². The molecule has 2 heterocycles. The topological polar surface area (TPSA) is 70.1 Å². The molecule has 4 rings (SSSR count). The lowest BCUT2D eigenvalue weighted by atomic mass is 9.98. The van der Waals surface area contributed by atoms with Gasteiger partial charge in [0.25, 0.3) is 5.91 Å². The lowest BCUT2D eigenvalue weighted by molar-refractivity contribution is 0.1000. The van der Waals surface area contributed by atoms with Crippen LogP contribution >= 0.6 is 0 Å². The van der Waals surface area contributed by atoms with Crippen molar-refractivity contribution >= 4 is 5.91 Å². The molecule has 0 radical (unpaired) electrons. The zero-order valence-corrected chi connectivity index (χ0v) is 17.7. The first-order valence-electron chi connectivity index (χ1n) is 10.3. The molecule has 0 aliphatic heterocycles. The third kappa shape index (κ3) is 4.21. The number of aromatic nitrogens is 2. The molecule has 4 aromatic rings. The van der Waals surface area contributed by atoms with E-state index in [1.165, 1.54) is 0 Å². The number of para-hydroxylation sites is 1. The number of carbonyl (C=O) groups is 1. The number of hydrogen-bond donors (Lipinski definition) is 1. The van der Waals surface area contributed by atoms with Gasteiger partial charge < -0.3 is 15.0 Å². The van der Waals surface area contributed by atoms with Crippen LogP contribution in [0.2, 0.25) is 0 Å². The van der Waals surface area contributed by atoms with Crippen LogP contribution in [0.1, 0.15) is 34.4 Å². The Morgan fingerprint density at radius 3 is 2.42 bits per heavy atom. The number of benzene rings is 2. The fraction of sp³-hybridized carbons (Fsp3) is 0.154. The summed E-state index contributed by atoms with van der Waals surface area (Å²) < 4.78 is 8.16. The summed E-state index contributed by atoms with van der Waals surface area (Å²) in [6, 6.07) is 23.3. The molecule has 0 aliphatic carbocycles. The van der Waals surface area contributed by atoms with Crippen LogP contribution in [0, 0.1) is 6.92 Å². The molecular formula is C26H25N3O2. The second kappa shape index (κ2) is 8.88. The first-order chi connectivity index (χ1) is 15.1. The van der Waals surface area contributed by atoms with Crippen molar-refractivity contribution in [3.63, 3.8) is 0 Å². The minimum atomic E-state index is -0.434. The van der Waals surface area contributed by atoms with Crippen LogP contribution in [0.5, 0.6) is 11.5 Å². The zero-order chi connectivity index (χ0) is 21.8. The van der Waals surface area contributed by atoms with Gasteiger partial charge in [0, 0.05) is 23.1 Å². The molecule has 0 bridgehead atoms. The van der Waals surface area contributed by atoms with Gasteiger partial charge in [-0.15, -0.1) is 0 Å². The highest BCUT2D eigenvalue weighted by Crippen LogP contribution is 2.36. The van der Waals surface area contributed by atoms with Crippen molar-refractivity contribution < 1.29 is 9.53 Å². The lowest BCUT2D eigenvalue weighted by Crippen LogP contribution is -2.14. The maximum atomic E-state index is 12.5. The quantitative estimate of drug-likeness (QED) is 0.445. The Bertz CT molecular complexity index is 1200. The Morgan fingerprint density at radius 1 is 1.00 bits per heavy atom. The van der Waals surface area contributed by atoms with Gasteiger partial charge in [-0.05, 0) is 55.3 Å². The molecule has 2 N–H and O–H groups in total. The third-order valence-electron chi connectivity index (χ3n) is 5.36. The molecule has 0 atom stereocenters. The van der Waals surface area contributed by atoms with Crippen molar-refractivity contribution in [2.75, 3.05) is 0 Å². The predicted octanol–water partition coefficient (Wildman–Crippen LogP) is 5.36. The van der Waals surface area contributed by atoms with Crippen LogP contribution in [-0.4, -0.2) is 15.5 Å². The van der Waals surface area contributed by atoms with Gasteiger partial charge in [0.05, 0.1) is 17.8 Å². The molecule has 0 fully saturated rings. The predicted molar refractivity (Wildman–Crippen MR) is 122 cm³/mol. The van der Waals surface area contributed by atoms with Crippen molar-refractivity contribution in [2.24, 2.45) is 5.73 Å². The number of rotatable bonds is 7. The first kappa shape index (κ1) is 20.4. The molecule has 2 aromatic heterocycles. The molecule has 0 unspecified atom stereocenters. The van der Waals surface area contributed by atoms with Gasteiger partial charge in [0.15, 0.2) is 0 Å². The van der Waals surface area contributed by atoms with Crippen LogP contribution in [-0.2, 0) is 13.0 Å². The maximum absolute atomic E-state index is 12.5. The van der Waals surface area contributed by atoms with E-state index in [1.807, 2.05) is 79.7 Å². The van der Waals surface area contributed by atoms with Crippen LogP contribution in [0.3, 0.4) is 0 Å². The monoisotopic (exact) mass is 411 g/mol. The molecule has 1 amide bonds. The Balaban J connectivity index is 1.81. The second-order valence-electron chi connectivity index (χ2n) is 7.35. The van der Waals surface area contributed by atoms with Crippen molar-refractivity contribution in [3.05, 3.63) is 102 Å². The average Bonchev–Trinajstić information content (AvgIpc) is 3.07. The van der Waals surface area contributed by atoms with Gasteiger partial charge >= 0.3 is 0 Å². The summed E-state index contributed by atoms with van der Waals surface area (Å²) in [5, 5.41) is 0. The van der Waals surface area contributed by atoms with E-state index in [1.54, 1.807) is 6.20 Å². The van der Waals surface area contributed by atoms with E-state index in [-0.39, 0.29) is 0 Å². The second-order valence-corrected chi connectivity index (χ2v) is 7.35. The Morgan fingerprint density at radius 2 is 1.74 bits per heavy atom. The van der Waals surface area contributed by atoms with E-state index in [0.29, 0.717) is 17.9 Å². The van der Waals surface area contributed by atoms with E-state index in [2.05, 4.69) is 16.5 Å². The minimum Gasteiger partial charge on any atom is -0.457 e. The number of amides is 1. The highest BCUT2D eigenvalue weighted by atomic mass is 16.5. The number of nitrogens with two attached hydrogens (primary N) is 1. The Hall–Kier alpha value is -3.86. The molecule has 0 aliphatic rings. The molecule has 5 nitrogen and oxygen atoms in total. The van der Waals surface area contributed by atoms with Gasteiger partial charge in [-0.25, -0.2) is 0 Å². The van der Waals surface area contributed by atoms with E-state index in [0.717, 1.165) is 40.4 Å². The molecule has 0 saturated carbocycles. The highest BCUT2D eigenvalue weighted by Gasteiger charge is 2.24. The van der Waals surface area contributed by atoms with Gasteiger partial charge in [-0.2, -0.15) is 0 Å². The smallest absolute Gasteiger partial charge is 0.251 e. The van der Waals surface area contributed by atoms with E-state index in [4.69, 9.17) is 10.5 Å². The summed E-state index contributed by atoms with van der Waals surface area (Å²) in [5.41, 5.74) is 11.0. The molecule has 31 heavy (non-hydrogen) atoms. The first-order valence-corrected chi connectivity index (χ1v) is 10.3. The number of carbonyl (C=O) groups excluding carboxylic acids is 1. The van der Waals surface area contributed by atoms with E-state index in [9.17, 15) is 4.79 Å². The maximum Gasteiger partial charge on any atom is 0.251 e. The summed E-state index contributed by atoms with van der Waals surface area (Å²) in [6.45, 7) is 4.61. The molecule has 2 aromatic carbocycles. The van der Waals surface area contributed by atoms with Crippen LogP contribution in [0.25, 0.3) is 11.1 Å². The Kier molecular flexibility index (Phi) is 5.85. The summed E-state index contributed by atoms with van der Waals surface area (Å²) in [7, 11) is 0. The van der Waals surface area contributed by atoms with Gasteiger partial charge in [-0.1, -0.05) is 43.3 Å². The van der Waals surface area contributed by atoms with Gasteiger partial charge in [-0.3, -0.25) is 9.78 Å². The molecular weight excluding hydrogens is 386 g/mol. The van der Waals surface area contributed by atoms with Crippen LogP contribution in [0.15, 0.2) is 79.0 Å². The summed E-state index contributed by atoms with van der Waals surface area (Å²) in [5.74, 6) is 1.03. The van der Waals surface area contributed by atoms with Crippen molar-refractivity contribution in [1.82, 2.24) is 9.55 Å². The largest absolute Gasteiger partial charge is 0.457 e. The number of ether oxygens (including phenoxy) is 1. The molecule has 0 spiro atoms. The standard InChI is InChI=1S/C26H25N3O2/c1-3-23-25(19-10-9-14-22(16-19)31-21-12-5-4-6-13-21)24(26(27)30)18(2)29(23)17-20-11-7-8-15-28-20/h4-16H,3,17H2,1-2H3,(H2,27,30). The van der Waals surface area contributed by atoms with Crippen molar-refractivity contribution in [1.29, 1.82) is 0 Å². The summed E-state index contributed by atoms with van der Waals surface area (Å²) >= 11 is 0. The molecule has 0 saturated heterocycles. The molecule has 5 heteroatoms. The van der Waals surface area contributed by atoms with Crippen LogP contribution < -0.4 is 10.5 Å². The zero-order valence-electron chi connectivity index (χ0n) is 17.7. The SMILES string of the molecule is CCc1c(-c2cccc(Oc3ccccc3)c2)c(C(N)=O)c(C)n1Cc1ccccn1. The summed E-state index contributed by atoms with van der Waals surface area (Å²) in [4.78, 5) is 16.9. The number of pyridine rings is 1.